The molecule has 0 aliphatic heterocycles. The summed E-state index contributed by atoms with van der Waals surface area (Å²) in [5.41, 5.74) is 6.71. The molecule has 2 aromatic rings. The Morgan fingerprint density at radius 3 is 2.79 bits per heavy atom. The van der Waals surface area contributed by atoms with E-state index in [1.165, 1.54) is 0 Å². The lowest BCUT2D eigenvalue weighted by Crippen LogP contribution is -2.28. The maximum Gasteiger partial charge on any atom is 0.134 e. The molecule has 2 rings (SSSR count). The van der Waals surface area contributed by atoms with Crippen LogP contribution in [0.3, 0.4) is 0 Å². The minimum absolute atomic E-state index is 0.0570. The van der Waals surface area contributed by atoms with Gasteiger partial charge in [0, 0.05) is 18.5 Å². The summed E-state index contributed by atoms with van der Waals surface area (Å²) in [6.45, 7) is 1.67. The molecule has 0 bridgehead atoms. The molecular formula is C15H22N2O2. The minimum Gasteiger partial charge on any atom is -0.459 e. The Balaban J connectivity index is 1.93. The Morgan fingerprint density at radius 2 is 2.05 bits per heavy atom. The third kappa shape index (κ3) is 3.80. The fourth-order valence-electron chi connectivity index (χ4n) is 2.16. The number of rotatable bonds is 8. The number of unbranched alkanes of at least 4 members (excludes halogenated alkanes) is 2. The molecule has 104 valence electrons. The Morgan fingerprint density at radius 1 is 1.21 bits per heavy atom. The van der Waals surface area contributed by atoms with Gasteiger partial charge >= 0.3 is 0 Å². The number of aliphatic hydroxyl groups is 1. The molecule has 1 aromatic carbocycles. The first kappa shape index (κ1) is 14.1. The molecule has 1 unspecified atom stereocenters. The van der Waals surface area contributed by atoms with Gasteiger partial charge in [-0.3, -0.25) is 0 Å². The van der Waals surface area contributed by atoms with Crippen LogP contribution in [0.15, 0.2) is 34.7 Å². The molecule has 4 N–H and O–H groups in total. The predicted octanol–water partition coefficient (Wildman–Crippen LogP) is 2.18. The molecular weight excluding hydrogens is 240 g/mol. The molecule has 0 radical (unpaired) electrons. The van der Waals surface area contributed by atoms with Gasteiger partial charge in [0.1, 0.15) is 11.3 Å². The topological polar surface area (TPSA) is 71.4 Å². The first-order valence-electron chi connectivity index (χ1n) is 6.88. The molecule has 4 nitrogen and oxygen atoms in total. The van der Waals surface area contributed by atoms with Crippen LogP contribution < -0.4 is 11.1 Å². The second kappa shape index (κ2) is 7.28. The summed E-state index contributed by atoms with van der Waals surface area (Å²) in [6.07, 6.45) is 2.93. The quantitative estimate of drug-likeness (QED) is 0.638. The maximum atomic E-state index is 8.72. The van der Waals surface area contributed by atoms with Crippen molar-refractivity contribution in [2.75, 3.05) is 19.7 Å². The van der Waals surface area contributed by atoms with Gasteiger partial charge in [0.2, 0.25) is 0 Å². The van der Waals surface area contributed by atoms with Crippen molar-refractivity contribution in [3.05, 3.63) is 36.1 Å². The van der Waals surface area contributed by atoms with E-state index in [1.54, 1.807) is 0 Å². The maximum absolute atomic E-state index is 8.72. The zero-order chi connectivity index (χ0) is 13.5. The molecule has 0 aliphatic rings. The van der Waals surface area contributed by atoms with Crippen molar-refractivity contribution in [2.45, 2.75) is 25.3 Å². The molecule has 1 heterocycles. The summed E-state index contributed by atoms with van der Waals surface area (Å²) in [7, 11) is 0. The van der Waals surface area contributed by atoms with Gasteiger partial charge in [-0.2, -0.15) is 0 Å². The molecule has 0 aliphatic carbocycles. The number of nitrogens with one attached hydrogen (secondary N) is 1. The van der Waals surface area contributed by atoms with Gasteiger partial charge in [0.15, 0.2) is 0 Å². The highest BCUT2D eigenvalue weighted by Crippen LogP contribution is 2.23. The van der Waals surface area contributed by atoms with Gasteiger partial charge in [0.05, 0.1) is 6.04 Å². The highest BCUT2D eigenvalue weighted by molar-refractivity contribution is 5.77. The second-order valence-corrected chi connectivity index (χ2v) is 4.71. The normalized spacial score (nSPS) is 12.9. The number of aliphatic hydroxyl groups excluding tert-OH is 1. The van der Waals surface area contributed by atoms with Crippen molar-refractivity contribution in [2.24, 2.45) is 5.73 Å². The van der Waals surface area contributed by atoms with Crippen LogP contribution in [0, 0.1) is 0 Å². The summed E-state index contributed by atoms with van der Waals surface area (Å²) in [5.74, 6) is 0.894. The van der Waals surface area contributed by atoms with Crippen molar-refractivity contribution in [3.8, 4) is 0 Å². The van der Waals surface area contributed by atoms with Gasteiger partial charge in [-0.25, -0.2) is 0 Å². The second-order valence-electron chi connectivity index (χ2n) is 4.71. The van der Waals surface area contributed by atoms with Crippen LogP contribution in [-0.2, 0) is 0 Å². The van der Waals surface area contributed by atoms with Crippen LogP contribution in [0.2, 0.25) is 0 Å². The summed E-state index contributed by atoms with van der Waals surface area (Å²) in [6, 6.07) is 10.1. The standard InChI is InChI=1S/C15H22N2O2/c16-11-13(17-8-4-1-5-9-18)15-10-12-6-2-3-7-14(12)19-15/h2-3,6-7,10,13,17-18H,1,4-5,8-9,11,16H2. The lowest BCUT2D eigenvalue weighted by molar-refractivity contribution is 0.282. The Kier molecular flexibility index (Phi) is 5.39. The lowest BCUT2D eigenvalue weighted by atomic mass is 10.2. The van der Waals surface area contributed by atoms with Crippen molar-refractivity contribution < 1.29 is 9.52 Å². The zero-order valence-corrected chi connectivity index (χ0v) is 11.1. The minimum atomic E-state index is 0.0570. The van der Waals surface area contributed by atoms with E-state index in [-0.39, 0.29) is 12.6 Å². The smallest absolute Gasteiger partial charge is 0.134 e. The van der Waals surface area contributed by atoms with Crippen LogP contribution in [0.4, 0.5) is 0 Å². The van der Waals surface area contributed by atoms with Gasteiger partial charge < -0.3 is 20.6 Å². The highest BCUT2D eigenvalue weighted by atomic mass is 16.3. The Hall–Kier alpha value is -1.36. The van der Waals surface area contributed by atoms with E-state index in [0.29, 0.717) is 6.54 Å². The Bertz CT molecular complexity index is 463. The lowest BCUT2D eigenvalue weighted by Gasteiger charge is -2.14. The van der Waals surface area contributed by atoms with E-state index < -0.39 is 0 Å². The summed E-state index contributed by atoms with van der Waals surface area (Å²) >= 11 is 0. The molecule has 0 amide bonds. The molecule has 0 fully saturated rings. The van der Waals surface area contributed by atoms with Gasteiger partial charge in [-0.05, 0) is 37.9 Å². The summed E-state index contributed by atoms with van der Waals surface area (Å²) < 4.78 is 5.82. The van der Waals surface area contributed by atoms with E-state index in [0.717, 1.165) is 42.5 Å². The average Bonchev–Trinajstić information content (AvgIpc) is 2.86. The fourth-order valence-corrected chi connectivity index (χ4v) is 2.16. The van der Waals surface area contributed by atoms with Crippen molar-refractivity contribution in [1.82, 2.24) is 5.32 Å². The van der Waals surface area contributed by atoms with E-state index >= 15 is 0 Å². The number of para-hydroxylation sites is 1. The number of benzene rings is 1. The molecule has 1 aromatic heterocycles. The zero-order valence-electron chi connectivity index (χ0n) is 11.1. The van der Waals surface area contributed by atoms with Crippen molar-refractivity contribution in [1.29, 1.82) is 0 Å². The number of nitrogens with two attached hydrogens (primary N) is 1. The Labute approximate surface area is 113 Å². The van der Waals surface area contributed by atoms with E-state index in [2.05, 4.69) is 5.32 Å². The number of hydrogen-bond donors (Lipinski definition) is 3. The van der Waals surface area contributed by atoms with Gasteiger partial charge in [-0.1, -0.05) is 18.2 Å². The average molecular weight is 262 g/mol. The van der Waals surface area contributed by atoms with Crippen molar-refractivity contribution >= 4 is 11.0 Å². The largest absolute Gasteiger partial charge is 0.459 e. The van der Waals surface area contributed by atoms with Crippen LogP contribution >= 0.6 is 0 Å². The first-order valence-corrected chi connectivity index (χ1v) is 6.88. The van der Waals surface area contributed by atoms with Crippen LogP contribution in [-0.4, -0.2) is 24.8 Å². The third-order valence-electron chi connectivity index (χ3n) is 3.25. The molecule has 0 saturated heterocycles. The van der Waals surface area contributed by atoms with E-state index in [9.17, 15) is 0 Å². The number of furan rings is 1. The number of hydrogen-bond acceptors (Lipinski definition) is 4. The van der Waals surface area contributed by atoms with E-state index in [1.807, 2.05) is 30.3 Å². The van der Waals surface area contributed by atoms with E-state index in [4.69, 9.17) is 15.3 Å². The first-order chi connectivity index (χ1) is 9.35. The van der Waals surface area contributed by atoms with Gasteiger partial charge in [-0.15, -0.1) is 0 Å². The molecule has 19 heavy (non-hydrogen) atoms. The predicted molar refractivity (Wildman–Crippen MR) is 76.9 cm³/mol. The number of fused-ring (bicyclic) bond motifs is 1. The fraction of sp³-hybridized carbons (Fsp3) is 0.467. The molecule has 0 saturated carbocycles. The SMILES string of the molecule is NCC(NCCCCCO)c1cc2ccccc2o1. The molecule has 4 heteroatoms. The van der Waals surface area contributed by atoms with Crippen LogP contribution in [0.1, 0.15) is 31.1 Å². The summed E-state index contributed by atoms with van der Waals surface area (Å²) in [5, 5.41) is 13.2. The van der Waals surface area contributed by atoms with Crippen LogP contribution in [0.25, 0.3) is 11.0 Å². The van der Waals surface area contributed by atoms with Crippen molar-refractivity contribution in [3.63, 3.8) is 0 Å². The van der Waals surface area contributed by atoms with Gasteiger partial charge in [0.25, 0.3) is 0 Å². The molecule has 0 spiro atoms. The highest BCUT2D eigenvalue weighted by Gasteiger charge is 2.13. The molecule has 1 atom stereocenters. The third-order valence-corrected chi connectivity index (χ3v) is 3.25. The monoisotopic (exact) mass is 262 g/mol. The summed E-state index contributed by atoms with van der Waals surface area (Å²) in [4.78, 5) is 0. The van der Waals surface area contributed by atoms with Crippen LogP contribution in [0.5, 0.6) is 0 Å².